The first-order chi connectivity index (χ1) is 8.56. The van der Waals surface area contributed by atoms with Crippen molar-refractivity contribution in [2.45, 2.75) is 40.9 Å². The van der Waals surface area contributed by atoms with Gasteiger partial charge in [0.15, 0.2) is 0 Å². The van der Waals surface area contributed by atoms with Crippen LogP contribution in [0.4, 0.5) is 48.3 Å². The van der Waals surface area contributed by atoms with E-state index in [1.165, 1.54) is 0 Å². The molecule has 0 amide bonds. The summed E-state index contributed by atoms with van der Waals surface area (Å²) in [5.41, 5.74) is -11.6. The Kier molecular flexibility index (Phi) is 2.35. The van der Waals surface area contributed by atoms with E-state index in [1.54, 1.807) is 0 Å². The van der Waals surface area contributed by atoms with Crippen LogP contribution in [0.25, 0.3) is 0 Å². The van der Waals surface area contributed by atoms with E-state index in [9.17, 15) is 48.3 Å². The second-order valence-corrected chi connectivity index (χ2v) is 4.42. The van der Waals surface area contributed by atoms with E-state index in [4.69, 9.17) is 0 Å². The first-order valence-corrected chi connectivity index (χ1v) is 4.69. The summed E-state index contributed by atoms with van der Waals surface area (Å²) in [7, 11) is -0.182. The molecule has 0 aromatic carbocycles. The molecular weight excluding hydrogens is 321 g/mol. The molecule has 0 aromatic heterocycles. The van der Waals surface area contributed by atoms with Crippen LogP contribution in [-0.2, 0) is 4.74 Å². The third kappa shape index (κ3) is 0.865. The van der Waals surface area contributed by atoms with Crippen molar-refractivity contribution in [1.82, 2.24) is 0 Å². The molecule has 0 heterocycles. The number of hydrogen-bond donors (Lipinski definition) is 0. The Hall–Kier alpha value is -0.810. The van der Waals surface area contributed by atoms with E-state index in [0.717, 1.165) is 0 Å². The average molecular weight is 324 g/mol. The summed E-state index contributed by atoms with van der Waals surface area (Å²) in [6.07, 6.45) is 0. The lowest BCUT2D eigenvalue weighted by Crippen LogP contribution is -2.89. The Morgan fingerprint density at radius 2 is 0.800 bits per heavy atom. The van der Waals surface area contributed by atoms with Crippen LogP contribution in [-0.4, -0.2) is 48.0 Å². The Bertz CT molecular complexity index is 435. The molecule has 2 rings (SSSR count). The molecule has 0 N–H and O–H groups in total. The quantitative estimate of drug-likeness (QED) is 0.709. The Balaban J connectivity index is 2.70. The minimum absolute atomic E-state index is 0.182. The normalized spacial score (nSPS) is 36.0. The monoisotopic (exact) mass is 324 g/mol. The Labute approximate surface area is 102 Å². The molecule has 118 valence electrons. The number of halogens is 11. The summed E-state index contributed by atoms with van der Waals surface area (Å²) in [5, 5.41) is 0. The van der Waals surface area contributed by atoms with Crippen LogP contribution >= 0.6 is 0 Å². The lowest BCUT2D eigenvalue weighted by Gasteiger charge is -2.56. The topological polar surface area (TPSA) is 9.23 Å². The molecule has 0 spiro atoms. The summed E-state index contributed by atoms with van der Waals surface area (Å²) < 4.78 is 145. The average Bonchev–Trinajstić information content (AvgIpc) is 2.63. The molecule has 2 aliphatic carbocycles. The van der Waals surface area contributed by atoms with Crippen molar-refractivity contribution in [3.8, 4) is 0 Å². The van der Waals surface area contributed by atoms with Crippen LogP contribution in [0.2, 0.25) is 0 Å². The third-order valence-electron chi connectivity index (χ3n) is 3.66. The molecular formula is C8H3F11O. The van der Waals surface area contributed by atoms with E-state index in [0.29, 0.717) is 0 Å². The van der Waals surface area contributed by atoms with Gasteiger partial charge in [-0.1, -0.05) is 0 Å². The molecule has 20 heavy (non-hydrogen) atoms. The highest BCUT2D eigenvalue weighted by Gasteiger charge is 3.18. The molecule has 2 fully saturated rings. The maximum Gasteiger partial charge on any atom is 0.379 e. The van der Waals surface area contributed by atoms with Gasteiger partial charge in [-0.3, -0.25) is 0 Å². The highest BCUT2D eigenvalue weighted by atomic mass is 19.4. The lowest BCUT2D eigenvalue weighted by molar-refractivity contribution is -0.497. The summed E-state index contributed by atoms with van der Waals surface area (Å²) in [6.45, 7) is 0. The lowest BCUT2D eigenvalue weighted by atomic mass is 9.64. The van der Waals surface area contributed by atoms with E-state index in [2.05, 4.69) is 4.74 Å². The maximum absolute atomic E-state index is 13.7. The highest BCUT2D eigenvalue weighted by Crippen LogP contribution is 2.83. The Morgan fingerprint density at radius 3 is 1.00 bits per heavy atom. The van der Waals surface area contributed by atoms with Crippen LogP contribution in [0, 0.1) is 0 Å². The van der Waals surface area contributed by atoms with Crippen molar-refractivity contribution in [3.63, 3.8) is 0 Å². The number of hydrogen-bond acceptors (Lipinski definition) is 1. The molecule has 0 aromatic rings. The predicted molar refractivity (Wildman–Crippen MR) is 38.3 cm³/mol. The largest absolute Gasteiger partial charge is 0.379 e. The number of ether oxygens (including phenoxy) is 1. The fourth-order valence-corrected chi connectivity index (χ4v) is 2.43. The second kappa shape index (κ2) is 3.02. The van der Waals surface area contributed by atoms with Gasteiger partial charge in [0.05, 0.1) is 0 Å². The molecule has 0 unspecified atom stereocenters. The number of methoxy groups -OCH3 is 1. The SMILES string of the molecule is COC1(C2(F)C(F)(F)C(F)(F)C2(F)F)C(F)(F)C1(F)F. The summed E-state index contributed by atoms with van der Waals surface area (Å²) in [6, 6.07) is 0. The van der Waals surface area contributed by atoms with Crippen LogP contribution < -0.4 is 0 Å². The van der Waals surface area contributed by atoms with Crippen LogP contribution in [0.3, 0.4) is 0 Å². The van der Waals surface area contributed by atoms with Crippen molar-refractivity contribution >= 4 is 0 Å². The zero-order chi connectivity index (χ0) is 16.2. The van der Waals surface area contributed by atoms with Gasteiger partial charge in [-0.05, 0) is 0 Å². The van der Waals surface area contributed by atoms with Gasteiger partial charge < -0.3 is 4.74 Å². The summed E-state index contributed by atoms with van der Waals surface area (Å²) >= 11 is 0. The van der Waals surface area contributed by atoms with Gasteiger partial charge in [0.1, 0.15) is 0 Å². The highest BCUT2D eigenvalue weighted by molar-refractivity contribution is 5.48. The van der Waals surface area contributed by atoms with Gasteiger partial charge in [-0.25, -0.2) is 4.39 Å². The molecule has 0 bridgehead atoms. The van der Waals surface area contributed by atoms with Crippen molar-refractivity contribution in [2.24, 2.45) is 0 Å². The van der Waals surface area contributed by atoms with Gasteiger partial charge in [-0.2, -0.15) is 43.9 Å². The van der Waals surface area contributed by atoms with Gasteiger partial charge in [0, 0.05) is 7.11 Å². The predicted octanol–water partition coefficient (Wildman–Crippen LogP) is 3.28. The maximum atomic E-state index is 13.7. The molecule has 0 saturated heterocycles. The van der Waals surface area contributed by atoms with Crippen molar-refractivity contribution in [2.75, 3.05) is 7.11 Å². The minimum Gasteiger partial charge on any atom is -0.363 e. The second-order valence-electron chi connectivity index (χ2n) is 4.42. The fraction of sp³-hybridized carbons (Fsp3) is 1.00. The van der Waals surface area contributed by atoms with E-state index >= 15 is 0 Å². The van der Waals surface area contributed by atoms with E-state index in [1.807, 2.05) is 0 Å². The number of alkyl halides is 11. The van der Waals surface area contributed by atoms with Gasteiger partial charge >= 0.3 is 29.6 Å². The fourth-order valence-electron chi connectivity index (χ4n) is 2.43. The molecule has 12 heteroatoms. The molecule has 0 aliphatic heterocycles. The molecule has 2 saturated carbocycles. The first-order valence-electron chi connectivity index (χ1n) is 4.69. The van der Waals surface area contributed by atoms with Crippen LogP contribution in [0.1, 0.15) is 0 Å². The molecule has 0 atom stereocenters. The van der Waals surface area contributed by atoms with Gasteiger partial charge in [0.25, 0.3) is 11.3 Å². The van der Waals surface area contributed by atoms with E-state index < -0.39 is 40.9 Å². The van der Waals surface area contributed by atoms with Gasteiger partial charge in [-0.15, -0.1) is 0 Å². The third-order valence-corrected chi connectivity index (χ3v) is 3.66. The minimum atomic E-state index is -6.47. The van der Waals surface area contributed by atoms with Crippen molar-refractivity contribution in [3.05, 3.63) is 0 Å². The van der Waals surface area contributed by atoms with Crippen LogP contribution in [0.15, 0.2) is 0 Å². The zero-order valence-corrected chi connectivity index (χ0v) is 9.07. The first kappa shape index (κ1) is 15.6. The zero-order valence-electron chi connectivity index (χ0n) is 9.07. The Morgan fingerprint density at radius 1 is 0.500 bits per heavy atom. The van der Waals surface area contributed by atoms with Crippen molar-refractivity contribution in [1.29, 1.82) is 0 Å². The smallest absolute Gasteiger partial charge is 0.363 e. The molecule has 0 radical (unpaired) electrons. The van der Waals surface area contributed by atoms with E-state index in [-0.39, 0.29) is 7.11 Å². The standard InChI is InChI=1S/C8H3F11O/c1-20-3(6(14,15)7(3,16)17)2(9)4(10,11)8(18,19)5(2,12)13/h1H3. The number of rotatable bonds is 2. The van der Waals surface area contributed by atoms with Gasteiger partial charge in [0.2, 0.25) is 0 Å². The molecule has 1 nitrogen and oxygen atoms in total. The summed E-state index contributed by atoms with van der Waals surface area (Å²) in [4.78, 5) is 0. The molecule has 2 aliphatic rings. The summed E-state index contributed by atoms with van der Waals surface area (Å²) in [5.74, 6) is -30.9. The van der Waals surface area contributed by atoms with Crippen molar-refractivity contribution < 1.29 is 53.0 Å². The van der Waals surface area contributed by atoms with Crippen LogP contribution in [0.5, 0.6) is 0 Å².